The first kappa shape index (κ1) is 45.5. The number of hydrogen-bond acceptors (Lipinski definition) is 10. The first-order valence-electron chi connectivity index (χ1n) is 20.1. The van der Waals surface area contributed by atoms with Crippen LogP contribution in [-0.4, -0.2) is 95.5 Å². The van der Waals surface area contributed by atoms with Crippen LogP contribution in [0.15, 0.2) is 24.3 Å². The Morgan fingerprint density at radius 1 is 1.05 bits per heavy atom. The SMILES string of the molecule is COc1cc(Cl)c2nc(C(F)(F)F)c3c(c2c1)CCC1(CC2C(=O)NC4(C(=O)NS(=O)(=O)C5(C)CC5)CC4C=CCCCCCC(NC(=O)OC(C)(C)C(F)(F)F)C(=O)N2C1)O3. The third kappa shape index (κ3) is 8.46. The molecule has 0 radical (unpaired) electrons. The Hall–Kier alpha value is -4.53. The van der Waals surface area contributed by atoms with E-state index < -0.39 is 110 Å². The molecule has 5 atom stereocenters. The van der Waals surface area contributed by atoms with Crippen molar-refractivity contribution >= 4 is 56.3 Å². The lowest BCUT2D eigenvalue weighted by Crippen LogP contribution is -2.59. The maximum Gasteiger partial charge on any atom is 0.437 e. The van der Waals surface area contributed by atoms with Gasteiger partial charge in [-0.3, -0.25) is 19.1 Å². The summed E-state index contributed by atoms with van der Waals surface area (Å²) < 4.78 is 129. The lowest BCUT2D eigenvalue weighted by Gasteiger charge is -2.37. The van der Waals surface area contributed by atoms with E-state index >= 15 is 0 Å². The van der Waals surface area contributed by atoms with E-state index in [4.69, 9.17) is 25.8 Å². The van der Waals surface area contributed by atoms with Gasteiger partial charge in [0, 0.05) is 29.4 Å². The number of rotatable bonds is 6. The minimum Gasteiger partial charge on any atom is -0.497 e. The highest BCUT2D eigenvalue weighted by Gasteiger charge is 2.64. The molecule has 1 saturated heterocycles. The van der Waals surface area contributed by atoms with Gasteiger partial charge in [0.25, 0.3) is 5.91 Å². The van der Waals surface area contributed by atoms with Gasteiger partial charge in [-0.2, -0.15) is 26.3 Å². The van der Waals surface area contributed by atoms with E-state index in [0.29, 0.717) is 46.0 Å². The highest BCUT2D eigenvalue weighted by molar-refractivity contribution is 7.91. The number of ether oxygens (including phenoxy) is 3. The molecule has 2 aromatic rings. The molecule has 3 aliphatic heterocycles. The number of benzene rings is 1. The number of nitrogens with one attached hydrogen (secondary N) is 3. The van der Waals surface area contributed by atoms with Crippen LogP contribution >= 0.6 is 11.6 Å². The second-order valence-corrected chi connectivity index (χ2v) is 20.2. The average molecular weight is 922 g/mol. The van der Waals surface area contributed by atoms with E-state index in [-0.39, 0.29) is 59.3 Å². The topological polar surface area (TPSA) is 182 Å². The summed E-state index contributed by atoms with van der Waals surface area (Å²) in [6.45, 7) is 2.16. The number of carbonyl (C=O) groups is 4. The highest BCUT2D eigenvalue weighted by Crippen LogP contribution is 2.51. The third-order valence-corrected chi connectivity index (χ3v) is 15.1. The van der Waals surface area contributed by atoms with Crippen molar-refractivity contribution in [2.24, 2.45) is 5.92 Å². The van der Waals surface area contributed by atoms with Gasteiger partial charge in [-0.25, -0.2) is 18.2 Å². The summed E-state index contributed by atoms with van der Waals surface area (Å²) in [6.07, 6.45) is -6.64. The maximum atomic E-state index is 14.8. The molecule has 5 unspecified atom stereocenters. The first-order valence-corrected chi connectivity index (χ1v) is 22.0. The molecule has 1 aromatic heterocycles. The molecular weight excluding hydrogens is 876 g/mol. The van der Waals surface area contributed by atoms with E-state index in [2.05, 4.69) is 20.3 Å². The summed E-state index contributed by atoms with van der Waals surface area (Å²) in [4.78, 5) is 61.2. The normalized spacial score (nSPS) is 27.7. The average Bonchev–Trinajstić information content (AvgIpc) is 4.06. The fraction of sp³-hybridized carbons (Fsp3) is 0.625. The number of aromatic nitrogens is 1. The molecule has 3 fully saturated rings. The summed E-state index contributed by atoms with van der Waals surface area (Å²) >= 11 is 6.37. The zero-order valence-electron chi connectivity index (χ0n) is 34.1. The summed E-state index contributed by atoms with van der Waals surface area (Å²) in [7, 11) is -2.84. The van der Waals surface area contributed by atoms with Crippen molar-refractivity contribution in [3.63, 3.8) is 0 Å². The smallest absolute Gasteiger partial charge is 0.437 e. The number of aryl methyl sites for hydroxylation is 1. The number of alkyl halides is 6. The zero-order valence-corrected chi connectivity index (χ0v) is 35.7. The Bertz CT molecular complexity index is 2340. The Kier molecular flexibility index (Phi) is 11.5. The van der Waals surface area contributed by atoms with E-state index in [1.54, 1.807) is 12.2 Å². The van der Waals surface area contributed by atoms with Crippen molar-refractivity contribution in [1.82, 2.24) is 25.2 Å². The van der Waals surface area contributed by atoms with Crippen LogP contribution < -0.4 is 24.8 Å². The number of nitrogens with zero attached hydrogens (tertiary/aromatic N) is 2. The molecule has 3 N–H and O–H groups in total. The van der Waals surface area contributed by atoms with Crippen molar-refractivity contribution in [3.05, 3.63) is 40.6 Å². The van der Waals surface area contributed by atoms with Gasteiger partial charge in [0.2, 0.25) is 27.4 Å². The predicted molar refractivity (Wildman–Crippen MR) is 210 cm³/mol. The van der Waals surface area contributed by atoms with Gasteiger partial charge in [-0.1, -0.05) is 36.6 Å². The highest BCUT2D eigenvalue weighted by atomic mass is 35.5. The molecule has 1 spiro atoms. The number of sulfonamides is 1. The van der Waals surface area contributed by atoms with Crippen LogP contribution in [0.2, 0.25) is 5.02 Å². The van der Waals surface area contributed by atoms with Gasteiger partial charge >= 0.3 is 18.4 Å². The minimum atomic E-state index is -5.08. The Labute approximate surface area is 357 Å². The van der Waals surface area contributed by atoms with E-state index in [9.17, 15) is 53.9 Å². The van der Waals surface area contributed by atoms with Crippen LogP contribution in [0.4, 0.5) is 31.1 Å². The molecule has 340 valence electrons. The second kappa shape index (κ2) is 15.6. The largest absolute Gasteiger partial charge is 0.497 e. The molecule has 7 rings (SSSR count). The minimum absolute atomic E-state index is 0.0201. The van der Waals surface area contributed by atoms with Crippen molar-refractivity contribution in [1.29, 1.82) is 0 Å². The number of amides is 4. The van der Waals surface area contributed by atoms with Crippen molar-refractivity contribution < 1.29 is 68.1 Å². The summed E-state index contributed by atoms with van der Waals surface area (Å²) in [5.74, 6) is -4.10. The van der Waals surface area contributed by atoms with Gasteiger partial charge in [0.05, 0.1) is 28.9 Å². The van der Waals surface area contributed by atoms with Crippen LogP contribution in [-0.2, 0) is 41.7 Å². The van der Waals surface area contributed by atoms with Crippen LogP contribution in [0, 0.1) is 5.92 Å². The Balaban J connectivity index is 1.28. The lowest BCUT2D eigenvalue weighted by molar-refractivity contribution is -0.244. The zero-order chi connectivity index (χ0) is 45.4. The number of fused-ring (bicyclic) bond motifs is 5. The molecule has 2 aliphatic carbocycles. The second-order valence-electron chi connectivity index (χ2n) is 17.6. The fourth-order valence-electron chi connectivity index (χ4n) is 8.34. The Morgan fingerprint density at radius 3 is 2.40 bits per heavy atom. The molecule has 2 saturated carbocycles. The number of alkyl carbamates (subject to hydrolysis) is 1. The summed E-state index contributed by atoms with van der Waals surface area (Å²) in [5.41, 5.74) is -8.01. The van der Waals surface area contributed by atoms with Crippen molar-refractivity contribution in [3.8, 4) is 11.5 Å². The van der Waals surface area contributed by atoms with Crippen LogP contribution in [0.5, 0.6) is 11.5 Å². The molecule has 1 aromatic carbocycles. The quantitative estimate of drug-likeness (QED) is 0.216. The van der Waals surface area contributed by atoms with Crippen LogP contribution in [0.1, 0.15) is 96.2 Å². The summed E-state index contributed by atoms with van der Waals surface area (Å²) in [6, 6.07) is -0.435. The first-order chi connectivity index (χ1) is 28.8. The fourth-order valence-corrected chi connectivity index (χ4v) is 9.90. The standard InChI is InChI=1S/C40H46ClF6N5O9S/c1-35(2,40(45,46)47)61-34(56)48-26-11-9-7-5-6-8-10-21-18-38(21,33(55)51-62(57,58)36(3)14-15-36)50-31(53)27-19-37(20-52(27)32(26)54)13-12-23-24-16-22(59-4)17-25(41)28(24)49-30(29(23)60-37)39(42,43)44/h8,10,16-17,21,26-27H,5-7,9,11-15,18-20H2,1-4H3,(H,48,56)(H,50,53)(H,51,55). The molecule has 0 bridgehead atoms. The van der Waals surface area contributed by atoms with Gasteiger partial charge in [-0.15, -0.1) is 0 Å². The summed E-state index contributed by atoms with van der Waals surface area (Å²) in [5, 5.41) is 4.98. The van der Waals surface area contributed by atoms with Crippen LogP contribution in [0.25, 0.3) is 10.9 Å². The van der Waals surface area contributed by atoms with Gasteiger partial charge in [-0.05, 0) is 78.2 Å². The number of pyridine rings is 1. The van der Waals surface area contributed by atoms with Crippen molar-refractivity contribution in [2.75, 3.05) is 13.7 Å². The molecule has 4 amide bonds. The number of carbonyl (C=O) groups excluding carboxylic acids is 4. The van der Waals surface area contributed by atoms with E-state index in [0.717, 1.165) is 4.90 Å². The van der Waals surface area contributed by atoms with Gasteiger partial charge < -0.3 is 29.7 Å². The predicted octanol–water partition coefficient (Wildman–Crippen LogP) is 6.41. The molecule has 4 heterocycles. The molecule has 5 aliphatic rings. The lowest BCUT2D eigenvalue weighted by atomic mass is 9.87. The Morgan fingerprint density at radius 2 is 1.76 bits per heavy atom. The number of hydrogen-bond donors (Lipinski definition) is 3. The third-order valence-electron chi connectivity index (χ3n) is 12.7. The number of halogens is 7. The number of methoxy groups -OCH3 is 1. The van der Waals surface area contributed by atoms with Crippen molar-refractivity contribution in [2.45, 2.75) is 137 Å². The molecule has 14 nitrogen and oxygen atoms in total. The number of allylic oxidation sites excluding steroid dienone is 1. The molecular formula is C40H46ClF6N5O9S. The van der Waals surface area contributed by atoms with Crippen LogP contribution in [0.3, 0.4) is 0 Å². The van der Waals surface area contributed by atoms with E-state index in [1.807, 2.05) is 0 Å². The van der Waals surface area contributed by atoms with E-state index in [1.165, 1.54) is 26.2 Å². The maximum absolute atomic E-state index is 14.8. The molecule has 62 heavy (non-hydrogen) atoms. The van der Waals surface area contributed by atoms with Gasteiger partial charge in [0.15, 0.2) is 11.4 Å². The molecule has 22 heteroatoms. The monoisotopic (exact) mass is 921 g/mol. The van der Waals surface area contributed by atoms with Gasteiger partial charge in [0.1, 0.15) is 29.0 Å².